The number of rotatable bonds is 5. The van der Waals surface area contributed by atoms with Crippen molar-refractivity contribution in [3.63, 3.8) is 0 Å². The molecule has 1 fully saturated rings. The van der Waals surface area contributed by atoms with Crippen LogP contribution in [0.2, 0.25) is 0 Å². The summed E-state index contributed by atoms with van der Waals surface area (Å²) in [5, 5.41) is 4.83. The van der Waals surface area contributed by atoms with Crippen LogP contribution >= 0.6 is 11.3 Å². The highest BCUT2D eigenvalue weighted by Gasteiger charge is 2.31. The summed E-state index contributed by atoms with van der Waals surface area (Å²) < 4.78 is 5.88. The monoisotopic (exact) mass is 308 g/mol. The zero-order chi connectivity index (χ0) is 14.7. The number of methoxy groups -OCH3 is 1. The van der Waals surface area contributed by atoms with E-state index in [9.17, 15) is 0 Å². The van der Waals surface area contributed by atoms with Crippen molar-refractivity contribution in [2.24, 2.45) is 5.92 Å². The van der Waals surface area contributed by atoms with E-state index in [2.05, 4.69) is 12.2 Å². The van der Waals surface area contributed by atoms with Gasteiger partial charge in [-0.05, 0) is 44.6 Å². The van der Waals surface area contributed by atoms with Crippen LogP contribution in [0.4, 0.5) is 0 Å². The number of nitrogens with one attached hydrogen (secondary N) is 1. The Morgan fingerprint density at radius 3 is 2.76 bits per heavy atom. The summed E-state index contributed by atoms with van der Waals surface area (Å²) in [5.74, 6) is 0.675. The quantitative estimate of drug-likeness (QED) is 0.875. The third-order valence-corrected chi connectivity index (χ3v) is 6.19. The van der Waals surface area contributed by atoms with Gasteiger partial charge in [-0.2, -0.15) is 0 Å². The van der Waals surface area contributed by atoms with E-state index in [1.165, 1.54) is 66.9 Å². The van der Waals surface area contributed by atoms with E-state index >= 15 is 0 Å². The molecule has 0 aromatic carbocycles. The lowest BCUT2D eigenvalue weighted by Gasteiger charge is -2.27. The molecular weight excluding hydrogens is 280 g/mol. The van der Waals surface area contributed by atoms with Gasteiger partial charge in [-0.3, -0.25) is 0 Å². The maximum Gasteiger partial charge on any atom is 0.122 e. The van der Waals surface area contributed by atoms with Crippen molar-refractivity contribution in [2.75, 3.05) is 13.7 Å². The molecular formula is C17H28N2OS. The normalized spacial score (nSPS) is 24.8. The number of fused-ring (bicyclic) bond motifs is 1. The zero-order valence-corrected chi connectivity index (χ0v) is 14.2. The predicted octanol–water partition coefficient (Wildman–Crippen LogP) is 4.40. The van der Waals surface area contributed by atoms with Crippen LogP contribution in [0.5, 0.6) is 0 Å². The smallest absolute Gasteiger partial charge is 0.122 e. The fourth-order valence-electron chi connectivity index (χ4n) is 3.94. The van der Waals surface area contributed by atoms with Gasteiger partial charge in [-0.15, -0.1) is 11.3 Å². The predicted molar refractivity (Wildman–Crippen MR) is 87.8 cm³/mol. The lowest BCUT2D eigenvalue weighted by Crippen LogP contribution is -2.25. The number of thiazole rings is 1. The van der Waals surface area contributed by atoms with Crippen molar-refractivity contribution in [1.29, 1.82) is 0 Å². The minimum Gasteiger partial charge on any atom is -0.374 e. The minimum atomic E-state index is 0.225. The fraction of sp³-hybridized carbons (Fsp3) is 0.824. The summed E-state index contributed by atoms with van der Waals surface area (Å²) in [6, 6.07) is 0.465. The largest absolute Gasteiger partial charge is 0.374 e. The third-order valence-electron chi connectivity index (χ3n) is 5.00. The molecule has 0 radical (unpaired) electrons. The lowest BCUT2D eigenvalue weighted by molar-refractivity contribution is 0.0351. The number of aromatic nitrogens is 1. The Bertz CT molecular complexity index is 454. The summed E-state index contributed by atoms with van der Waals surface area (Å²) in [6.45, 7) is 3.20. The summed E-state index contributed by atoms with van der Waals surface area (Å²) in [6.07, 6.45) is 10.7. The second-order valence-corrected chi connectivity index (χ2v) is 7.53. The molecule has 1 N–H and O–H groups in total. The molecule has 0 amide bonds. The number of ether oxygens (including phenoxy) is 1. The van der Waals surface area contributed by atoms with Gasteiger partial charge in [0, 0.05) is 12.0 Å². The van der Waals surface area contributed by atoms with E-state index in [1.807, 2.05) is 18.4 Å². The van der Waals surface area contributed by atoms with Crippen LogP contribution in [0.25, 0.3) is 0 Å². The third kappa shape index (κ3) is 3.33. The van der Waals surface area contributed by atoms with Gasteiger partial charge in [0.2, 0.25) is 0 Å². The van der Waals surface area contributed by atoms with Crippen LogP contribution in [0.1, 0.15) is 79.6 Å². The highest BCUT2D eigenvalue weighted by Crippen LogP contribution is 2.41. The van der Waals surface area contributed by atoms with E-state index < -0.39 is 0 Å². The Hall–Kier alpha value is -0.450. The first-order valence-corrected chi connectivity index (χ1v) is 9.40. The molecule has 1 saturated carbocycles. The Kier molecular flexibility index (Phi) is 5.30. The summed E-state index contributed by atoms with van der Waals surface area (Å²) in [4.78, 5) is 6.53. The average molecular weight is 308 g/mol. The van der Waals surface area contributed by atoms with Crippen LogP contribution in [0.15, 0.2) is 0 Å². The first kappa shape index (κ1) is 15.4. The number of hydrogen-bond acceptors (Lipinski definition) is 4. The van der Waals surface area contributed by atoms with Crippen LogP contribution in [0.3, 0.4) is 0 Å². The van der Waals surface area contributed by atoms with Gasteiger partial charge >= 0.3 is 0 Å². The van der Waals surface area contributed by atoms with Crippen LogP contribution in [0, 0.1) is 5.92 Å². The van der Waals surface area contributed by atoms with Gasteiger partial charge in [0.1, 0.15) is 11.1 Å². The molecule has 0 spiro atoms. The molecule has 1 aromatic heterocycles. The van der Waals surface area contributed by atoms with E-state index in [1.54, 1.807) is 0 Å². The summed E-state index contributed by atoms with van der Waals surface area (Å²) in [5.41, 5.74) is 1.32. The topological polar surface area (TPSA) is 34.1 Å². The molecule has 2 atom stereocenters. The van der Waals surface area contributed by atoms with E-state index in [0.717, 1.165) is 6.54 Å². The average Bonchev–Trinajstić information content (AvgIpc) is 2.94. The maximum atomic E-state index is 5.88. The Morgan fingerprint density at radius 2 is 2.05 bits per heavy atom. The fourth-order valence-corrected chi connectivity index (χ4v) is 5.28. The lowest BCUT2D eigenvalue weighted by atomic mass is 9.85. The Labute approximate surface area is 132 Å². The minimum absolute atomic E-state index is 0.225. The van der Waals surface area contributed by atoms with Crippen molar-refractivity contribution >= 4 is 11.3 Å². The highest BCUT2D eigenvalue weighted by atomic mass is 32.1. The van der Waals surface area contributed by atoms with Crippen LogP contribution < -0.4 is 5.32 Å². The molecule has 118 valence electrons. The van der Waals surface area contributed by atoms with Crippen LogP contribution in [-0.4, -0.2) is 18.6 Å². The molecule has 0 saturated heterocycles. The summed E-state index contributed by atoms with van der Waals surface area (Å²) >= 11 is 1.92. The van der Waals surface area contributed by atoms with Gasteiger partial charge in [-0.25, -0.2) is 4.98 Å². The molecule has 21 heavy (non-hydrogen) atoms. The Morgan fingerprint density at radius 1 is 1.24 bits per heavy atom. The standard InChI is InChI=1S/C17H28N2OS/c1-3-18-13-10-7-11-14-15(13)19-17(21-14)16(20-2)12-8-5-4-6-9-12/h12-13,16,18H,3-11H2,1-2H3. The van der Waals surface area contributed by atoms with Gasteiger partial charge < -0.3 is 10.1 Å². The molecule has 2 aliphatic rings. The Balaban J connectivity index is 1.81. The molecule has 1 aromatic rings. The zero-order valence-electron chi connectivity index (χ0n) is 13.4. The second kappa shape index (κ2) is 7.21. The molecule has 1 heterocycles. The first-order chi connectivity index (χ1) is 10.3. The second-order valence-electron chi connectivity index (χ2n) is 6.42. The van der Waals surface area contributed by atoms with Gasteiger partial charge in [0.05, 0.1) is 11.7 Å². The van der Waals surface area contributed by atoms with Gasteiger partial charge in [0.15, 0.2) is 0 Å². The van der Waals surface area contributed by atoms with Gasteiger partial charge in [-0.1, -0.05) is 26.2 Å². The molecule has 0 aliphatic heterocycles. The van der Waals surface area contributed by atoms with Crippen molar-refractivity contribution < 1.29 is 4.74 Å². The van der Waals surface area contributed by atoms with E-state index in [0.29, 0.717) is 12.0 Å². The number of hydrogen-bond donors (Lipinski definition) is 1. The van der Waals surface area contributed by atoms with Crippen molar-refractivity contribution in [3.8, 4) is 0 Å². The molecule has 0 bridgehead atoms. The van der Waals surface area contributed by atoms with Crippen molar-refractivity contribution in [1.82, 2.24) is 10.3 Å². The SMILES string of the molecule is CCNC1CCCc2sc(C(OC)C3CCCCC3)nc21. The van der Waals surface area contributed by atoms with Crippen LogP contribution in [-0.2, 0) is 11.2 Å². The molecule has 3 nitrogen and oxygen atoms in total. The highest BCUT2D eigenvalue weighted by molar-refractivity contribution is 7.11. The first-order valence-electron chi connectivity index (χ1n) is 8.59. The maximum absolute atomic E-state index is 5.88. The molecule has 3 rings (SSSR count). The number of aryl methyl sites for hydroxylation is 1. The van der Waals surface area contributed by atoms with Gasteiger partial charge in [0.25, 0.3) is 0 Å². The van der Waals surface area contributed by atoms with E-state index in [4.69, 9.17) is 9.72 Å². The van der Waals surface area contributed by atoms with Crippen molar-refractivity contribution in [3.05, 3.63) is 15.6 Å². The molecule has 2 aliphatic carbocycles. The number of nitrogens with zero attached hydrogens (tertiary/aromatic N) is 1. The van der Waals surface area contributed by atoms with E-state index in [-0.39, 0.29) is 6.10 Å². The summed E-state index contributed by atoms with van der Waals surface area (Å²) in [7, 11) is 1.86. The van der Waals surface area contributed by atoms with Crippen molar-refractivity contribution in [2.45, 2.75) is 70.4 Å². The molecule has 4 heteroatoms. The molecule has 2 unspecified atom stereocenters.